The summed E-state index contributed by atoms with van der Waals surface area (Å²) in [5, 5.41) is 12.1. The van der Waals surface area contributed by atoms with E-state index >= 15 is 0 Å². The fourth-order valence-corrected chi connectivity index (χ4v) is 3.15. The quantitative estimate of drug-likeness (QED) is 0.809. The molecule has 1 aliphatic heterocycles. The Balaban J connectivity index is 1.85. The number of carboxylic acids is 1. The number of hydrogen-bond acceptors (Lipinski definition) is 3. The molecule has 2 aliphatic rings. The zero-order chi connectivity index (χ0) is 13.8. The first kappa shape index (κ1) is 14.3. The van der Waals surface area contributed by atoms with Crippen LogP contribution in [-0.2, 0) is 14.3 Å². The molecule has 19 heavy (non-hydrogen) atoms. The van der Waals surface area contributed by atoms with E-state index in [-0.39, 0.29) is 17.9 Å². The first-order valence-electron chi connectivity index (χ1n) is 7.21. The van der Waals surface area contributed by atoms with Gasteiger partial charge in [-0.3, -0.25) is 9.59 Å². The van der Waals surface area contributed by atoms with Crippen LogP contribution in [0.4, 0.5) is 0 Å². The van der Waals surface area contributed by atoms with Crippen LogP contribution in [0.3, 0.4) is 0 Å². The summed E-state index contributed by atoms with van der Waals surface area (Å²) < 4.78 is 5.46. The van der Waals surface area contributed by atoms with E-state index in [9.17, 15) is 14.7 Å². The molecule has 108 valence electrons. The van der Waals surface area contributed by atoms with Gasteiger partial charge in [0.2, 0.25) is 5.91 Å². The van der Waals surface area contributed by atoms with Crippen molar-refractivity contribution in [1.29, 1.82) is 0 Å². The summed E-state index contributed by atoms with van der Waals surface area (Å²) in [6.07, 6.45) is 4.32. The van der Waals surface area contributed by atoms with E-state index in [1.807, 2.05) is 6.92 Å². The maximum atomic E-state index is 12.2. The second-order valence-electron chi connectivity index (χ2n) is 5.71. The van der Waals surface area contributed by atoms with Crippen LogP contribution in [0.15, 0.2) is 0 Å². The lowest BCUT2D eigenvalue weighted by Gasteiger charge is -2.28. The Morgan fingerprint density at radius 3 is 2.47 bits per heavy atom. The third kappa shape index (κ3) is 3.47. The van der Waals surface area contributed by atoms with Crippen molar-refractivity contribution in [1.82, 2.24) is 5.32 Å². The van der Waals surface area contributed by atoms with Gasteiger partial charge in [0, 0.05) is 19.1 Å². The SMILES string of the molecule is CC1OCCC1CNC(=O)C1CCCCC1C(=O)O. The molecule has 5 heteroatoms. The van der Waals surface area contributed by atoms with E-state index in [0.717, 1.165) is 25.9 Å². The number of hydrogen-bond donors (Lipinski definition) is 2. The van der Waals surface area contributed by atoms with Crippen molar-refractivity contribution in [2.75, 3.05) is 13.2 Å². The lowest BCUT2D eigenvalue weighted by Crippen LogP contribution is -2.42. The Hall–Kier alpha value is -1.10. The largest absolute Gasteiger partial charge is 0.481 e. The monoisotopic (exact) mass is 269 g/mol. The number of aliphatic carboxylic acids is 1. The Bertz CT molecular complexity index is 344. The molecule has 1 heterocycles. The van der Waals surface area contributed by atoms with Crippen LogP contribution in [0.25, 0.3) is 0 Å². The zero-order valence-corrected chi connectivity index (χ0v) is 11.4. The number of nitrogens with one attached hydrogen (secondary N) is 1. The van der Waals surface area contributed by atoms with Crippen LogP contribution >= 0.6 is 0 Å². The van der Waals surface area contributed by atoms with Gasteiger partial charge in [0.15, 0.2) is 0 Å². The van der Waals surface area contributed by atoms with Crippen LogP contribution in [0.2, 0.25) is 0 Å². The Labute approximate surface area is 113 Å². The van der Waals surface area contributed by atoms with Gasteiger partial charge in [-0.1, -0.05) is 12.8 Å². The predicted octanol–water partition coefficient (Wildman–Crippen LogP) is 1.42. The Morgan fingerprint density at radius 1 is 1.21 bits per heavy atom. The van der Waals surface area contributed by atoms with Crippen molar-refractivity contribution in [2.24, 2.45) is 17.8 Å². The summed E-state index contributed by atoms with van der Waals surface area (Å²) in [5.74, 6) is -1.44. The van der Waals surface area contributed by atoms with E-state index in [0.29, 0.717) is 25.3 Å². The molecule has 1 saturated carbocycles. The standard InChI is InChI=1S/C14H23NO4/c1-9-10(6-7-19-9)8-15-13(16)11-4-2-3-5-12(11)14(17)18/h9-12H,2-8H2,1H3,(H,15,16)(H,17,18). The highest BCUT2D eigenvalue weighted by molar-refractivity contribution is 5.84. The highest BCUT2D eigenvalue weighted by Crippen LogP contribution is 2.30. The van der Waals surface area contributed by atoms with E-state index in [1.165, 1.54) is 0 Å². The molecule has 2 rings (SSSR count). The van der Waals surface area contributed by atoms with Crippen molar-refractivity contribution < 1.29 is 19.4 Å². The first-order chi connectivity index (χ1) is 9.09. The molecule has 0 aromatic heterocycles. The number of ether oxygens (including phenoxy) is 1. The molecule has 4 unspecified atom stereocenters. The molecule has 1 aliphatic carbocycles. The minimum atomic E-state index is -0.836. The summed E-state index contributed by atoms with van der Waals surface area (Å²) in [6, 6.07) is 0. The van der Waals surface area contributed by atoms with E-state index in [2.05, 4.69) is 5.32 Å². The third-order valence-electron chi connectivity index (χ3n) is 4.49. The molecule has 1 amide bonds. The molecule has 4 atom stereocenters. The number of carbonyl (C=O) groups excluding carboxylic acids is 1. The van der Waals surface area contributed by atoms with Gasteiger partial charge in [-0.05, 0) is 26.2 Å². The van der Waals surface area contributed by atoms with Gasteiger partial charge in [0.1, 0.15) is 0 Å². The van der Waals surface area contributed by atoms with Gasteiger partial charge in [-0.15, -0.1) is 0 Å². The normalized spacial score (nSPS) is 35.0. The molecule has 0 aromatic rings. The van der Waals surface area contributed by atoms with Gasteiger partial charge >= 0.3 is 5.97 Å². The molecule has 2 fully saturated rings. The predicted molar refractivity (Wildman–Crippen MR) is 69.6 cm³/mol. The highest BCUT2D eigenvalue weighted by atomic mass is 16.5. The van der Waals surface area contributed by atoms with E-state index < -0.39 is 11.9 Å². The van der Waals surface area contributed by atoms with E-state index in [1.54, 1.807) is 0 Å². The second-order valence-corrected chi connectivity index (χ2v) is 5.71. The summed E-state index contributed by atoms with van der Waals surface area (Å²) in [4.78, 5) is 23.3. The van der Waals surface area contributed by atoms with Crippen LogP contribution in [0, 0.1) is 17.8 Å². The van der Waals surface area contributed by atoms with Gasteiger partial charge in [0.25, 0.3) is 0 Å². The summed E-state index contributed by atoms with van der Waals surface area (Å²) in [7, 11) is 0. The molecule has 1 saturated heterocycles. The Kier molecular flexibility index (Phi) is 4.80. The topological polar surface area (TPSA) is 75.6 Å². The van der Waals surface area contributed by atoms with Gasteiger partial charge in [0.05, 0.1) is 17.9 Å². The van der Waals surface area contributed by atoms with Crippen molar-refractivity contribution in [3.05, 3.63) is 0 Å². The molecule has 0 radical (unpaired) electrons. The fraction of sp³-hybridized carbons (Fsp3) is 0.857. The minimum absolute atomic E-state index is 0.0915. The molecule has 5 nitrogen and oxygen atoms in total. The maximum absolute atomic E-state index is 12.2. The molecule has 0 aromatic carbocycles. The van der Waals surface area contributed by atoms with Crippen molar-refractivity contribution in [2.45, 2.75) is 45.1 Å². The molecule has 0 bridgehead atoms. The number of rotatable bonds is 4. The lowest BCUT2D eigenvalue weighted by atomic mass is 9.78. The summed E-state index contributed by atoms with van der Waals surface area (Å²) >= 11 is 0. The number of carbonyl (C=O) groups is 2. The van der Waals surface area contributed by atoms with Crippen molar-refractivity contribution in [3.63, 3.8) is 0 Å². The third-order valence-corrected chi connectivity index (χ3v) is 4.49. The smallest absolute Gasteiger partial charge is 0.307 e. The summed E-state index contributed by atoms with van der Waals surface area (Å²) in [5.41, 5.74) is 0. The molecule has 0 spiro atoms. The average molecular weight is 269 g/mol. The van der Waals surface area contributed by atoms with Crippen molar-refractivity contribution >= 4 is 11.9 Å². The van der Waals surface area contributed by atoms with Crippen LogP contribution in [0.1, 0.15) is 39.0 Å². The van der Waals surface area contributed by atoms with Crippen LogP contribution in [-0.4, -0.2) is 36.2 Å². The van der Waals surface area contributed by atoms with Gasteiger partial charge in [-0.25, -0.2) is 0 Å². The van der Waals surface area contributed by atoms with E-state index in [4.69, 9.17) is 4.74 Å². The van der Waals surface area contributed by atoms with Gasteiger partial charge in [-0.2, -0.15) is 0 Å². The molecular weight excluding hydrogens is 246 g/mol. The van der Waals surface area contributed by atoms with Gasteiger partial charge < -0.3 is 15.2 Å². The number of amides is 1. The average Bonchev–Trinajstić information content (AvgIpc) is 2.81. The summed E-state index contributed by atoms with van der Waals surface area (Å²) in [6.45, 7) is 3.37. The molecular formula is C14H23NO4. The Morgan fingerprint density at radius 2 is 1.89 bits per heavy atom. The lowest BCUT2D eigenvalue weighted by molar-refractivity contribution is -0.149. The highest BCUT2D eigenvalue weighted by Gasteiger charge is 2.36. The van der Waals surface area contributed by atoms with Crippen LogP contribution < -0.4 is 5.32 Å². The second kappa shape index (κ2) is 6.37. The minimum Gasteiger partial charge on any atom is -0.481 e. The first-order valence-corrected chi connectivity index (χ1v) is 7.21. The van der Waals surface area contributed by atoms with Crippen molar-refractivity contribution in [3.8, 4) is 0 Å². The van der Waals surface area contributed by atoms with Crippen LogP contribution in [0.5, 0.6) is 0 Å². The fourth-order valence-electron chi connectivity index (χ4n) is 3.15. The zero-order valence-electron chi connectivity index (χ0n) is 11.4. The molecule has 2 N–H and O–H groups in total. The number of carboxylic acid groups (broad SMARTS) is 1. The maximum Gasteiger partial charge on any atom is 0.307 e.